The van der Waals surface area contributed by atoms with Gasteiger partial charge >= 0.3 is 0 Å². The van der Waals surface area contributed by atoms with Gasteiger partial charge in [-0.1, -0.05) is 11.6 Å². The minimum atomic E-state index is 0.370. The Labute approximate surface area is 94.1 Å². The molecule has 1 rings (SSSR count). The van der Waals surface area contributed by atoms with E-state index >= 15 is 0 Å². The van der Waals surface area contributed by atoms with Gasteiger partial charge in [-0.25, -0.2) is 4.98 Å². The Morgan fingerprint density at radius 3 is 2.80 bits per heavy atom. The first kappa shape index (κ1) is 12.2. The lowest BCUT2D eigenvalue weighted by atomic mass is 10.5. The van der Waals surface area contributed by atoms with Crippen molar-refractivity contribution < 1.29 is 14.2 Å². The van der Waals surface area contributed by atoms with Gasteiger partial charge < -0.3 is 14.2 Å². The van der Waals surface area contributed by atoms with Crippen LogP contribution in [0.15, 0.2) is 18.3 Å². The quantitative estimate of drug-likeness (QED) is 0.530. The van der Waals surface area contributed by atoms with Crippen LogP contribution in [0, 0.1) is 0 Å². The van der Waals surface area contributed by atoms with Gasteiger partial charge in [-0.3, -0.25) is 0 Å². The summed E-state index contributed by atoms with van der Waals surface area (Å²) >= 11 is 5.79. The Morgan fingerprint density at radius 2 is 2.07 bits per heavy atom. The molecule has 0 saturated heterocycles. The van der Waals surface area contributed by atoms with E-state index < -0.39 is 0 Å². The molecule has 0 atom stereocenters. The van der Waals surface area contributed by atoms with Gasteiger partial charge in [0.25, 0.3) is 0 Å². The first-order valence-electron chi connectivity index (χ1n) is 4.64. The predicted molar refractivity (Wildman–Crippen MR) is 57.4 cm³/mol. The standard InChI is InChI=1S/C10H14ClNO3/c1-13-5-6-14-7-8-15-9-3-2-4-12-10(9)11/h2-4H,5-8H2,1H3. The number of nitrogens with zero attached hydrogens (tertiary/aromatic N) is 1. The third kappa shape index (κ3) is 4.97. The zero-order valence-electron chi connectivity index (χ0n) is 8.61. The molecule has 5 heteroatoms. The van der Waals surface area contributed by atoms with Crippen LogP contribution in [0.1, 0.15) is 0 Å². The first-order chi connectivity index (χ1) is 7.34. The van der Waals surface area contributed by atoms with Crippen molar-refractivity contribution in [2.45, 2.75) is 0 Å². The summed E-state index contributed by atoms with van der Waals surface area (Å²) < 4.78 is 15.4. The average Bonchev–Trinajstić information content (AvgIpc) is 2.25. The Kier molecular flexibility index (Phi) is 6.08. The molecule has 0 radical (unpaired) electrons. The highest BCUT2D eigenvalue weighted by molar-refractivity contribution is 6.30. The summed E-state index contributed by atoms with van der Waals surface area (Å²) in [5.74, 6) is 0.578. The maximum Gasteiger partial charge on any atom is 0.171 e. The summed E-state index contributed by atoms with van der Waals surface area (Å²) in [5.41, 5.74) is 0. The van der Waals surface area contributed by atoms with Crippen LogP contribution in [0.5, 0.6) is 5.75 Å². The summed E-state index contributed by atoms with van der Waals surface area (Å²) in [6, 6.07) is 3.54. The Morgan fingerprint density at radius 1 is 1.27 bits per heavy atom. The van der Waals surface area contributed by atoms with Crippen molar-refractivity contribution in [1.29, 1.82) is 0 Å². The fourth-order valence-corrected chi connectivity index (χ4v) is 1.11. The molecule has 15 heavy (non-hydrogen) atoms. The van der Waals surface area contributed by atoms with Crippen LogP contribution in [-0.2, 0) is 9.47 Å². The van der Waals surface area contributed by atoms with Gasteiger partial charge in [0, 0.05) is 13.3 Å². The number of hydrogen-bond acceptors (Lipinski definition) is 4. The Bertz CT molecular complexity index is 283. The molecule has 0 amide bonds. The second kappa shape index (κ2) is 7.45. The number of halogens is 1. The third-order valence-electron chi connectivity index (χ3n) is 1.64. The van der Waals surface area contributed by atoms with Crippen LogP contribution in [0.2, 0.25) is 5.15 Å². The fraction of sp³-hybridized carbons (Fsp3) is 0.500. The second-order valence-electron chi connectivity index (χ2n) is 2.75. The molecule has 0 aromatic carbocycles. The monoisotopic (exact) mass is 231 g/mol. The summed E-state index contributed by atoms with van der Waals surface area (Å²) in [6.45, 7) is 2.12. The van der Waals surface area contributed by atoms with Crippen molar-refractivity contribution in [3.8, 4) is 5.75 Å². The van der Waals surface area contributed by atoms with Gasteiger partial charge in [0.05, 0.1) is 19.8 Å². The molecule has 4 nitrogen and oxygen atoms in total. The van der Waals surface area contributed by atoms with E-state index in [1.54, 1.807) is 25.4 Å². The minimum Gasteiger partial charge on any atom is -0.488 e. The van der Waals surface area contributed by atoms with Gasteiger partial charge in [0.1, 0.15) is 6.61 Å². The number of pyridine rings is 1. The highest BCUT2D eigenvalue weighted by Crippen LogP contribution is 2.19. The average molecular weight is 232 g/mol. The second-order valence-corrected chi connectivity index (χ2v) is 3.10. The number of rotatable bonds is 7. The summed E-state index contributed by atoms with van der Waals surface area (Å²) in [6.07, 6.45) is 1.62. The molecule has 0 aliphatic carbocycles. The van der Waals surface area contributed by atoms with E-state index in [9.17, 15) is 0 Å². The molecule has 0 spiro atoms. The maximum atomic E-state index is 5.79. The lowest BCUT2D eigenvalue weighted by Gasteiger charge is -2.07. The van der Waals surface area contributed by atoms with Crippen LogP contribution in [0.4, 0.5) is 0 Å². The zero-order valence-corrected chi connectivity index (χ0v) is 9.37. The van der Waals surface area contributed by atoms with Gasteiger partial charge in [0.2, 0.25) is 0 Å². The van der Waals surface area contributed by atoms with Crippen LogP contribution in [0.25, 0.3) is 0 Å². The molecule has 1 aromatic heterocycles. The SMILES string of the molecule is COCCOCCOc1cccnc1Cl. The molecule has 0 fully saturated rings. The summed E-state index contributed by atoms with van der Waals surface area (Å²) in [4.78, 5) is 3.89. The molecule has 84 valence electrons. The van der Waals surface area contributed by atoms with Crippen LogP contribution < -0.4 is 4.74 Å². The van der Waals surface area contributed by atoms with Gasteiger partial charge in [-0.2, -0.15) is 0 Å². The minimum absolute atomic E-state index is 0.370. The van der Waals surface area contributed by atoms with E-state index in [4.69, 9.17) is 25.8 Å². The molecule has 0 aliphatic heterocycles. The van der Waals surface area contributed by atoms with E-state index in [0.29, 0.717) is 37.3 Å². The number of hydrogen-bond donors (Lipinski definition) is 0. The van der Waals surface area contributed by atoms with Crippen molar-refractivity contribution in [1.82, 2.24) is 4.98 Å². The van der Waals surface area contributed by atoms with E-state index in [0.717, 1.165) is 0 Å². The maximum absolute atomic E-state index is 5.79. The molecule has 1 aromatic rings. The van der Waals surface area contributed by atoms with Gasteiger partial charge in [-0.15, -0.1) is 0 Å². The number of methoxy groups -OCH3 is 1. The van der Waals surface area contributed by atoms with Crippen molar-refractivity contribution in [3.63, 3.8) is 0 Å². The lowest BCUT2D eigenvalue weighted by molar-refractivity contribution is 0.0544. The topological polar surface area (TPSA) is 40.6 Å². The molecule has 0 saturated carbocycles. The predicted octanol–water partition coefficient (Wildman–Crippen LogP) is 1.78. The van der Waals surface area contributed by atoms with Crippen LogP contribution in [-0.4, -0.2) is 38.5 Å². The number of aromatic nitrogens is 1. The van der Waals surface area contributed by atoms with Crippen molar-refractivity contribution in [2.24, 2.45) is 0 Å². The van der Waals surface area contributed by atoms with Crippen LogP contribution in [0.3, 0.4) is 0 Å². The van der Waals surface area contributed by atoms with Crippen LogP contribution >= 0.6 is 11.6 Å². The van der Waals surface area contributed by atoms with Gasteiger partial charge in [-0.05, 0) is 12.1 Å². The lowest BCUT2D eigenvalue weighted by Crippen LogP contribution is -2.10. The van der Waals surface area contributed by atoms with Crippen molar-refractivity contribution in [3.05, 3.63) is 23.5 Å². The third-order valence-corrected chi connectivity index (χ3v) is 1.93. The fourth-order valence-electron chi connectivity index (χ4n) is 0.934. The molecular weight excluding hydrogens is 218 g/mol. The Hall–Kier alpha value is -0.840. The largest absolute Gasteiger partial charge is 0.488 e. The van der Waals surface area contributed by atoms with E-state index in [1.165, 1.54) is 0 Å². The van der Waals surface area contributed by atoms with Gasteiger partial charge in [0.15, 0.2) is 10.9 Å². The highest BCUT2D eigenvalue weighted by atomic mass is 35.5. The molecule has 0 unspecified atom stereocenters. The Balaban J connectivity index is 2.12. The zero-order chi connectivity index (χ0) is 10.9. The van der Waals surface area contributed by atoms with E-state index in [-0.39, 0.29) is 0 Å². The van der Waals surface area contributed by atoms with Crippen molar-refractivity contribution in [2.75, 3.05) is 33.5 Å². The first-order valence-corrected chi connectivity index (χ1v) is 5.02. The van der Waals surface area contributed by atoms with E-state index in [2.05, 4.69) is 4.98 Å². The molecule has 1 heterocycles. The van der Waals surface area contributed by atoms with Crippen molar-refractivity contribution >= 4 is 11.6 Å². The highest BCUT2D eigenvalue weighted by Gasteiger charge is 1.99. The smallest absolute Gasteiger partial charge is 0.171 e. The normalized spacial score (nSPS) is 10.3. The summed E-state index contributed by atoms with van der Waals surface area (Å²) in [7, 11) is 1.63. The molecule has 0 bridgehead atoms. The molecular formula is C10H14ClNO3. The molecule has 0 N–H and O–H groups in total. The number of ether oxygens (including phenoxy) is 3. The van der Waals surface area contributed by atoms with E-state index in [1.807, 2.05) is 0 Å². The molecule has 0 aliphatic rings. The summed E-state index contributed by atoms with van der Waals surface area (Å²) in [5, 5.41) is 0.370.